The fourth-order valence-electron chi connectivity index (χ4n) is 3.64. The van der Waals surface area contributed by atoms with Crippen LogP contribution in [0, 0.1) is 0 Å². The molecule has 18 heavy (non-hydrogen) atoms. The summed E-state index contributed by atoms with van der Waals surface area (Å²) in [5.41, 5.74) is 5.38. The van der Waals surface area contributed by atoms with Gasteiger partial charge in [-0.1, -0.05) is 48.5 Å². The highest BCUT2D eigenvalue weighted by molar-refractivity contribution is 5.87. The van der Waals surface area contributed by atoms with Crippen molar-refractivity contribution in [3.05, 3.63) is 59.7 Å². The van der Waals surface area contributed by atoms with E-state index in [2.05, 4.69) is 48.5 Å². The first-order valence-electron chi connectivity index (χ1n) is 6.54. The van der Waals surface area contributed by atoms with Crippen LogP contribution in [0.1, 0.15) is 35.8 Å². The lowest BCUT2D eigenvalue weighted by molar-refractivity contribution is -0.117. The van der Waals surface area contributed by atoms with Crippen molar-refractivity contribution >= 4 is 5.78 Å². The Morgan fingerprint density at radius 1 is 0.722 bits per heavy atom. The van der Waals surface area contributed by atoms with E-state index in [1.807, 2.05) is 0 Å². The lowest BCUT2D eigenvalue weighted by Crippen LogP contribution is -2.12. The predicted octanol–water partition coefficient (Wildman–Crippen LogP) is 3.90. The molecule has 0 aromatic heterocycles. The molecule has 0 heterocycles. The molecule has 2 aliphatic carbocycles. The van der Waals surface area contributed by atoms with Crippen molar-refractivity contribution in [1.29, 1.82) is 0 Å². The van der Waals surface area contributed by atoms with E-state index in [4.69, 9.17) is 0 Å². The molecule has 1 fully saturated rings. The number of benzene rings is 2. The third kappa shape index (κ3) is 1.25. The zero-order chi connectivity index (χ0) is 12.1. The molecule has 2 aromatic carbocycles. The maximum atomic E-state index is 11.8. The zero-order valence-electron chi connectivity index (χ0n) is 10.1. The number of Topliss-reactive ketones (excluding diaryl/α,β-unsaturated/α-hetero) is 1. The van der Waals surface area contributed by atoms with Crippen molar-refractivity contribution in [1.82, 2.24) is 0 Å². The number of fused-ring (bicyclic) bond motifs is 6. The molecule has 0 aliphatic heterocycles. The fourth-order valence-corrected chi connectivity index (χ4v) is 3.64. The van der Waals surface area contributed by atoms with Crippen molar-refractivity contribution in [3.8, 4) is 11.1 Å². The third-order valence-corrected chi connectivity index (χ3v) is 4.39. The molecule has 0 saturated heterocycles. The Hall–Kier alpha value is -1.89. The SMILES string of the molecule is O=C1C[C@@H]2c3ccccc3-c3ccccc3[C@@H]2C1. The summed E-state index contributed by atoms with van der Waals surface area (Å²) in [6.45, 7) is 0. The maximum Gasteiger partial charge on any atom is 0.134 e. The molecule has 0 radical (unpaired) electrons. The molecule has 0 amide bonds. The minimum absolute atomic E-state index is 0.406. The highest BCUT2D eigenvalue weighted by Gasteiger charge is 2.40. The Morgan fingerprint density at radius 2 is 1.17 bits per heavy atom. The van der Waals surface area contributed by atoms with Crippen LogP contribution < -0.4 is 0 Å². The van der Waals surface area contributed by atoms with E-state index in [9.17, 15) is 4.79 Å². The van der Waals surface area contributed by atoms with Gasteiger partial charge in [-0.2, -0.15) is 0 Å². The van der Waals surface area contributed by atoms with Crippen LogP contribution >= 0.6 is 0 Å². The summed E-state index contributed by atoms with van der Waals surface area (Å²) in [5, 5.41) is 0. The van der Waals surface area contributed by atoms with Crippen molar-refractivity contribution in [2.45, 2.75) is 24.7 Å². The molecular formula is C17H14O. The van der Waals surface area contributed by atoms with Gasteiger partial charge in [0.25, 0.3) is 0 Å². The van der Waals surface area contributed by atoms with Crippen molar-refractivity contribution < 1.29 is 4.79 Å². The first kappa shape index (κ1) is 10.1. The van der Waals surface area contributed by atoms with Gasteiger partial charge >= 0.3 is 0 Å². The number of ketones is 1. The summed E-state index contributed by atoms with van der Waals surface area (Å²) in [4.78, 5) is 11.8. The Balaban J connectivity index is 2.03. The van der Waals surface area contributed by atoms with Crippen LogP contribution in [0.25, 0.3) is 11.1 Å². The second-order valence-electron chi connectivity index (χ2n) is 5.33. The van der Waals surface area contributed by atoms with E-state index in [1.54, 1.807) is 0 Å². The molecule has 1 nitrogen and oxygen atoms in total. The monoisotopic (exact) mass is 234 g/mol. The Morgan fingerprint density at radius 3 is 1.67 bits per heavy atom. The van der Waals surface area contributed by atoms with Gasteiger partial charge in [0.1, 0.15) is 5.78 Å². The van der Waals surface area contributed by atoms with Gasteiger partial charge in [-0.25, -0.2) is 0 Å². The molecule has 88 valence electrons. The topological polar surface area (TPSA) is 17.1 Å². The van der Waals surface area contributed by atoms with Gasteiger partial charge in [0.15, 0.2) is 0 Å². The minimum atomic E-state index is 0.406. The minimum Gasteiger partial charge on any atom is -0.300 e. The summed E-state index contributed by atoms with van der Waals surface area (Å²) in [6, 6.07) is 17.1. The molecule has 1 saturated carbocycles. The van der Waals surface area contributed by atoms with Crippen molar-refractivity contribution in [2.75, 3.05) is 0 Å². The molecule has 2 atom stereocenters. The molecule has 2 aliphatic rings. The smallest absolute Gasteiger partial charge is 0.134 e. The van der Waals surface area contributed by atoms with Crippen LogP contribution in [-0.2, 0) is 4.79 Å². The lowest BCUT2D eigenvalue weighted by atomic mass is 9.73. The van der Waals surface area contributed by atoms with Gasteiger partial charge in [-0.3, -0.25) is 4.79 Å². The van der Waals surface area contributed by atoms with Crippen LogP contribution in [-0.4, -0.2) is 5.78 Å². The lowest BCUT2D eigenvalue weighted by Gasteiger charge is -2.30. The fraction of sp³-hybridized carbons (Fsp3) is 0.235. The number of hydrogen-bond donors (Lipinski definition) is 0. The van der Waals surface area contributed by atoms with Crippen molar-refractivity contribution in [3.63, 3.8) is 0 Å². The average molecular weight is 234 g/mol. The quantitative estimate of drug-likeness (QED) is 0.675. The first-order chi connectivity index (χ1) is 8.84. The van der Waals surface area contributed by atoms with Gasteiger partial charge in [-0.05, 0) is 34.1 Å². The van der Waals surface area contributed by atoms with Crippen LogP contribution in [0.5, 0.6) is 0 Å². The molecule has 0 unspecified atom stereocenters. The van der Waals surface area contributed by atoms with Crippen LogP contribution in [0.2, 0.25) is 0 Å². The van der Waals surface area contributed by atoms with Crippen molar-refractivity contribution in [2.24, 2.45) is 0 Å². The zero-order valence-corrected chi connectivity index (χ0v) is 10.1. The average Bonchev–Trinajstić information content (AvgIpc) is 2.81. The number of rotatable bonds is 0. The third-order valence-electron chi connectivity index (χ3n) is 4.39. The van der Waals surface area contributed by atoms with E-state index < -0.39 is 0 Å². The molecular weight excluding hydrogens is 220 g/mol. The summed E-state index contributed by atoms with van der Waals surface area (Å²) in [6.07, 6.45) is 1.44. The van der Waals surface area contributed by atoms with Gasteiger partial charge in [0, 0.05) is 12.8 Å². The molecule has 4 rings (SSSR count). The molecule has 0 bridgehead atoms. The van der Waals surface area contributed by atoms with E-state index in [1.165, 1.54) is 22.3 Å². The maximum absolute atomic E-state index is 11.8. The van der Waals surface area contributed by atoms with Crippen LogP contribution in [0.15, 0.2) is 48.5 Å². The van der Waals surface area contributed by atoms with Crippen LogP contribution in [0.3, 0.4) is 0 Å². The molecule has 2 aromatic rings. The van der Waals surface area contributed by atoms with E-state index in [-0.39, 0.29) is 0 Å². The van der Waals surface area contributed by atoms with Crippen LogP contribution in [0.4, 0.5) is 0 Å². The Labute approximate surface area is 106 Å². The van der Waals surface area contributed by atoms with Gasteiger partial charge in [0.2, 0.25) is 0 Å². The van der Waals surface area contributed by atoms with E-state index in [0.717, 1.165) is 12.8 Å². The molecule has 0 spiro atoms. The normalized spacial score (nSPS) is 24.3. The number of carbonyl (C=O) groups is 1. The summed E-state index contributed by atoms with van der Waals surface area (Å²) in [5.74, 6) is 1.23. The Bertz CT molecular complexity index is 586. The van der Waals surface area contributed by atoms with E-state index in [0.29, 0.717) is 17.6 Å². The summed E-state index contributed by atoms with van der Waals surface area (Å²) < 4.78 is 0. The standard InChI is InChI=1S/C17H14O/c18-11-9-16-14-7-3-1-5-12(14)13-6-2-4-8-15(13)17(16)10-11/h1-8,16-17H,9-10H2/t16-,17+. The van der Waals surface area contributed by atoms with E-state index >= 15 is 0 Å². The molecule has 1 heteroatoms. The van der Waals surface area contributed by atoms with Gasteiger partial charge in [-0.15, -0.1) is 0 Å². The number of hydrogen-bond acceptors (Lipinski definition) is 1. The van der Waals surface area contributed by atoms with Gasteiger partial charge in [0.05, 0.1) is 0 Å². The number of carbonyl (C=O) groups excluding carboxylic acids is 1. The summed E-state index contributed by atoms with van der Waals surface area (Å²) >= 11 is 0. The predicted molar refractivity (Wildman–Crippen MR) is 71.6 cm³/mol. The first-order valence-corrected chi connectivity index (χ1v) is 6.54. The highest BCUT2D eigenvalue weighted by atomic mass is 16.1. The highest BCUT2D eigenvalue weighted by Crippen LogP contribution is 2.53. The largest absolute Gasteiger partial charge is 0.300 e. The second kappa shape index (κ2) is 3.55. The summed E-state index contributed by atoms with van der Waals surface area (Å²) in [7, 11) is 0. The van der Waals surface area contributed by atoms with Gasteiger partial charge < -0.3 is 0 Å². The Kier molecular flexibility index (Phi) is 1.99. The molecule has 0 N–H and O–H groups in total. The second-order valence-corrected chi connectivity index (χ2v) is 5.33.